The highest BCUT2D eigenvalue weighted by Gasteiger charge is 2.14. The van der Waals surface area contributed by atoms with Gasteiger partial charge >= 0.3 is 0 Å². The third-order valence-electron chi connectivity index (χ3n) is 3.79. The smallest absolute Gasteiger partial charge is 0.145 e. The second-order valence-corrected chi connectivity index (χ2v) is 6.94. The molecule has 144 valence electrons. The number of hydrogen-bond donors (Lipinski definition) is 1. The van der Waals surface area contributed by atoms with E-state index in [4.69, 9.17) is 18.0 Å². The first kappa shape index (κ1) is 21.5. The number of carbonyl (C=O) groups is 1. The number of anilines is 1. The molecule has 0 aliphatic heterocycles. The molecule has 0 bridgehead atoms. The minimum atomic E-state index is 0.355. The standard InChI is InChI=1S/C21H21ClN4OS/c1-4-12-23-18-10-13-24-21(28-3)20(18)19(11-14-27)25-15-26(2)17-7-5-6-16(22)8-9-17/h1,5,7-11,13-15H,6,12H2,2-3H3,(H,23,24)/b19-11-,25-15?. The number of halogens is 1. The maximum absolute atomic E-state index is 11.3. The highest BCUT2D eigenvalue weighted by Crippen LogP contribution is 2.32. The maximum Gasteiger partial charge on any atom is 0.145 e. The van der Waals surface area contributed by atoms with Crippen molar-refractivity contribution in [3.8, 4) is 12.3 Å². The van der Waals surface area contributed by atoms with Crippen molar-refractivity contribution in [3.05, 3.63) is 58.9 Å². The fraction of sp³-hybridized carbons (Fsp3) is 0.190. The lowest BCUT2D eigenvalue weighted by Crippen LogP contribution is -2.14. The van der Waals surface area contributed by atoms with Gasteiger partial charge < -0.3 is 10.2 Å². The molecule has 1 aliphatic carbocycles. The van der Waals surface area contributed by atoms with Gasteiger partial charge in [0.2, 0.25) is 0 Å². The van der Waals surface area contributed by atoms with E-state index in [1.807, 2.05) is 48.6 Å². The van der Waals surface area contributed by atoms with Crippen molar-refractivity contribution in [1.29, 1.82) is 0 Å². The zero-order valence-corrected chi connectivity index (χ0v) is 17.3. The molecular formula is C21H21ClN4OS. The summed E-state index contributed by atoms with van der Waals surface area (Å²) in [7, 11) is 1.88. The van der Waals surface area contributed by atoms with Crippen LogP contribution in [0.5, 0.6) is 0 Å². The van der Waals surface area contributed by atoms with Gasteiger partial charge in [-0.15, -0.1) is 18.2 Å². The number of aliphatic imine (C=N–C) groups is 1. The number of nitrogens with one attached hydrogen (secondary N) is 1. The number of hydrogen-bond acceptors (Lipinski definition) is 5. The summed E-state index contributed by atoms with van der Waals surface area (Å²) >= 11 is 7.54. The number of thioether (sulfide) groups is 1. The van der Waals surface area contributed by atoms with Crippen LogP contribution in [-0.4, -0.2) is 42.4 Å². The van der Waals surface area contributed by atoms with Gasteiger partial charge in [-0.05, 0) is 30.6 Å². The average molecular weight is 413 g/mol. The topological polar surface area (TPSA) is 57.6 Å². The Morgan fingerprint density at radius 3 is 3.07 bits per heavy atom. The van der Waals surface area contributed by atoms with Crippen molar-refractivity contribution in [3.63, 3.8) is 0 Å². The summed E-state index contributed by atoms with van der Waals surface area (Å²) in [5, 5.41) is 4.68. The van der Waals surface area contributed by atoms with E-state index < -0.39 is 0 Å². The lowest BCUT2D eigenvalue weighted by atomic mass is 10.1. The van der Waals surface area contributed by atoms with Gasteiger partial charge in [0, 0.05) is 42.2 Å². The van der Waals surface area contributed by atoms with E-state index in [1.165, 1.54) is 17.8 Å². The Morgan fingerprint density at radius 1 is 1.54 bits per heavy atom. The molecule has 0 atom stereocenters. The van der Waals surface area contributed by atoms with Crippen LogP contribution in [0.25, 0.3) is 5.70 Å². The molecule has 1 heterocycles. The first-order valence-corrected chi connectivity index (χ1v) is 10.1. The average Bonchev–Trinajstić information content (AvgIpc) is 2.93. The molecular weight excluding hydrogens is 392 g/mol. The van der Waals surface area contributed by atoms with E-state index in [2.05, 4.69) is 21.2 Å². The Bertz CT molecular complexity index is 909. The third kappa shape index (κ3) is 5.88. The number of pyridine rings is 1. The van der Waals surface area contributed by atoms with Crippen molar-refractivity contribution in [1.82, 2.24) is 9.88 Å². The summed E-state index contributed by atoms with van der Waals surface area (Å²) in [4.78, 5) is 22.0. The zero-order chi connectivity index (χ0) is 20.4. The minimum Gasteiger partial charge on any atom is -0.373 e. The molecule has 1 aliphatic rings. The number of aldehydes is 1. The van der Waals surface area contributed by atoms with Crippen LogP contribution in [0.15, 0.2) is 63.4 Å². The zero-order valence-electron chi connectivity index (χ0n) is 15.7. The van der Waals surface area contributed by atoms with Crippen molar-refractivity contribution in [2.45, 2.75) is 11.4 Å². The van der Waals surface area contributed by atoms with E-state index in [0.29, 0.717) is 24.9 Å². The molecule has 1 aromatic heterocycles. The molecule has 2 rings (SSSR count). The van der Waals surface area contributed by atoms with Crippen molar-refractivity contribution in [2.24, 2.45) is 4.99 Å². The number of terminal acetylenes is 1. The van der Waals surface area contributed by atoms with Gasteiger partial charge in [0.05, 0.1) is 24.1 Å². The molecule has 0 spiro atoms. The SMILES string of the molecule is C#CCNc1ccnc(SC)c1/C(=C/C=O)N=CN(C)C1=CC=C(Cl)CC=C1. The minimum absolute atomic E-state index is 0.355. The van der Waals surface area contributed by atoms with E-state index >= 15 is 0 Å². The Hall–Kier alpha value is -2.75. The number of likely N-dealkylation sites (N-methyl/N-ethyl adjacent to an activating group) is 1. The number of rotatable bonds is 8. The first-order valence-electron chi connectivity index (χ1n) is 8.46. The van der Waals surface area contributed by atoms with Crippen LogP contribution < -0.4 is 5.32 Å². The fourth-order valence-electron chi connectivity index (χ4n) is 2.44. The first-order chi connectivity index (χ1) is 13.6. The predicted molar refractivity (Wildman–Crippen MR) is 119 cm³/mol. The van der Waals surface area contributed by atoms with Crippen LogP contribution in [-0.2, 0) is 4.79 Å². The second-order valence-electron chi connectivity index (χ2n) is 5.66. The summed E-state index contributed by atoms with van der Waals surface area (Å²) in [6.07, 6.45) is 21.2. The third-order valence-corrected chi connectivity index (χ3v) is 4.76. The van der Waals surface area contributed by atoms with Crippen molar-refractivity contribution >= 4 is 47.4 Å². The molecule has 28 heavy (non-hydrogen) atoms. The van der Waals surface area contributed by atoms with Crippen LogP contribution in [0.2, 0.25) is 0 Å². The molecule has 0 amide bonds. The predicted octanol–water partition coefficient (Wildman–Crippen LogP) is 4.32. The van der Waals surface area contributed by atoms with Crippen molar-refractivity contribution in [2.75, 3.05) is 25.2 Å². The van der Waals surface area contributed by atoms with Crippen LogP contribution in [0.3, 0.4) is 0 Å². The summed E-state index contributed by atoms with van der Waals surface area (Å²) < 4.78 is 0. The summed E-state index contributed by atoms with van der Waals surface area (Å²) in [6.45, 7) is 0.355. The normalized spacial score (nSPS) is 14.1. The molecule has 1 aromatic rings. The quantitative estimate of drug-likeness (QED) is 0.172. The second kappa shape index (κ2) is 11.2. The number of carbonyl (C=O) groups excluding carboxylic acids is 1. The summed E-state index contributed by atoms with van der Waals surface area (Å²) in [5.74, 6) is 2.55. The van der Waals surface area contributed by atoms with E-state index in [9.17, 15) is 4.79 Å². The molecule has 0 aromatic carbocycles. The van der Waals surface area contributed by atoms with Crippen LogP contribution in [0.4, 0.5) is 5.69 Å². The number of aromatic nitrogens is 1. The lowest BCUT2D eigenvalue weighted by Gasteiger charge is -2.16. The van der Waals surface area contributed by atoms with Gasteiger partial charge in [0.1, 0.15) is 11.3 Å². The van der Waals surface area contributed by atoms with Crippen molar-refractivity contribution < 1.29 is 4.79 Å². The van der Waals surface area contributed by atoms with E-state index in [1.54, 1.807) is 12.5 Å². The van der Waals surface area contributed by atoms with Gasteiger partial charge in [0.15, 0.2) is 0 Å². The maximum atomic E-state index is 11.3. The van der Waals surface area contributed by atoms with Gasteiger partial charge in [0.25, 0.3) is 0 Å². The van der Waals surface area contributed by atoms with Crippen LogP contribution >= 0.6 is 23.4 Å². The van der Waals surface area contributed by atoms with E-state index in [-0.39, 0.29) is 0 Å². The van der Waals surface area contributed by atoms with Gasteiger partial charge in [-0.2, -0.15) is 0 Å². The van der Waals surface area contributed by atoms with Gasteiger partial charge in [-0.3, -0.25) is 4.79 Å². The van der Waals surface area contributed by atoms with Gasteiger partial charge in [-0.1, -0.05) is 23.6 Å². The fourth-order valence-corrected chi connectivity index (χ4v) is 3.17. The molecule has 0 unspecified atom stereocenters. The molecule has 0 fully saturated rings. The number of nitrogens with zero attached hydrogens (tertiary/aromatic N) is 3. The Kier molecular flexibility index (Phi) is 8.60. The van der Waals surface area contributed by atoms with Gasteiger partial charge in [-0.25, -0.2) is 9.98 Å². The summed E-state index contributed by atoms with van der Waals surface area (Å²) in [5.41, 5.74) is 2.92. The Balaban J connectivity index is 2.39. The number of allylic oxidation sites excluding steroid dienone is 6. The Labute approximate surface area is 175 Å². The largest absolute Gasteiger partial charge is 0.373 e. The highest BCUT2D eigenvalue weighted by molar-refractivity contribution is 7.98. The van der Waals surface area contributed by atoms with Crippen LogP contribution in [0.1, 0.15) is 12.0 Å². The molecule has 0 saturated heterocycles. The molecule has 1 N–H and O–H groups in total. The highest BCUT2D eigenvalue weighted by atomic mass is 35.5. The molecule has 7 heteroatoms. The Morgan fingerprint density at radius 2 is 2.36 bits per heavy atom. The molecule has 5 nitrogen and oxygen atoms in total. The van der Waals surface area contributed by atoms with Crippen LogP contribution in [0, 0.1) is 12.3 Å². The summed E-state index contributed by atoms with van der Waals surface area (Å²) in [6, 6.07) is 1.81. The molecule has 0 radical (unpaired) electrons. The lowest BCUT2D eigenvalue weighted by molar-refractivity contribution is -0.104. The molecule has 0 saturated carbocycles. The van der Waals surface area contributed by atoms with E-state index in [0.717, 1.165) is 27.0 Å². The monoisotopic (exact) mass is 412 g/mol.